The highest BCUT2D eigenvalue weighted by Gasteiger charge is 2.00. The van der Waals surface area contributed by atoms with Gasteiger partial charge >= 0.3 is 0 Å². The molecule has 0 heterocycles. The number of halogens is 1. The fraction of sp³-hybridized carbons (Fsp3) is 0.800. The van der Waals surface area contributed by atoms with Gasteiger partial charge < -0.3 is 21.5 Å². The van der Waals surface area contributed by atoms with E-state index < -0.39 is 0 Å². The number of rotatable bonds is 5. The van der Waals surface area contributed by atoms with Crippen molar-refractivity contribution in [3.63, 3.8) is 0 Å². The summed E-state index contributed by atoms with van der Waals surface area (Å²) in [7, 11) is 6.64. The van der Waals surface area contributed by atoms with E-state index >= 15 is 0 Å². The first kappa shape index (κ1) is 14.7. The lowest BCUT2D eigenvalue weighted by atomic mass is 10.2. The second-order valence-corrected chi connectivity index (χ2v) is 4.09. The van der Waals surface area contributed by atoms with Crippen LogP contribution in [0.15, 0.2) is 12.2 Å². The van der Waals surface area contributed by atoms with E-state index in [0.29, 0.717) is 0 Å². The Hall–Kier alpha value is 0.180. The van der Waals surface area contributed by atoms with Crippen molar-refractivity contribution in [2.75, 3.05) is 27.7 Å². The third-order valence-corrected chi connectivity index (χ3v) is 1.54. The van der Waals surface area contributed by atoms with Crippen LogP contribution in [0, 0.1) is 0 Å². The molecule has 0 rings (SSSR count). The van der Waals surface area contributed by atoms with Crippen LogP contribution in [0.5, 0.6) is 0 Å². The fourth-order valence-electron chi connectivity index (χ4n) is 0.831. The van der Waals surface area contributed by atoms with Crippen molar-refractivity contribution in [1.29, 1.82) is 0 Å². The van der Waals surface area contributed by atoms with Gasteiger partial charge in [-0.2, -0.15) is 0 Å². The minimum Gasteiger partial charge on any atom is -1.00 e. The van der Waals surface area contributed by atoms with Crippen LogP contribution in [0.4, 0.5) is 0 Å². The normalized spacial score (nSPS) is 11.7. The van der Waals surface area contributed by atoms with Crippen LogP contribution >= 0.6 is 0 Å². The van der Waals surface area contributed by atoms with Crippen LogP contribution in [-0.2, 0) is 0 Å². The third-order valence-electron chi connectivity index (χ3n) is 1.54. The maximum atomic E-state index is 2.30. The van der Waals surface area contributed by atoms with E-state index in [4.69, 9.17) is 0 Å². The quantitative estimate of drug-likeness (QED) is 0.341. The summed E-state index contributed by atoms with van der Waals surface area (Å²) in [5, 5.41) is 0. The van der Waals surface area contributed by atoms with Crippen LogP contribution in [0.25, 0.3) is 0 Å². The Balaban J connectivity index is 0. The summed E-state index contributed by atoms with van der Waals surface area (Å²) in [6, 6.07) is 0. The number of nitrogens with zero attached hydrogens (tertiary/aromatic N) is 1. The molecule has 0 saturated carbocycles. The van der Waals surface area contributed by atoms with Crippen molar-refractivity contribution < 1.29 is 21.5 Å². The Labute approximate surface area is 87.8 Å². The minimum absolute atomic E-state index is 0. The average Bonchev–Trinajstić information content (AvgIpc) is 1.85. The van der Waals surface area contributed by atoms with Gasteiger partial charge in [-0.15, -0.1) is 0 Å². The van der Waals surface area contributed by atoms with Gasteiger partial charge in [0.1, 0.15) is 0 Å². The maximum absolute atomic E-state index is 2.30. The molecule has 0 aromatic heterocycles. The van der Waals surface area contributed by atoms with Crippen LogP contribution in [0.3, 0.4) is 0 Å². The van der Waals surface area contributed by atoms with Crippen molar-refractivity contribution in [2.24, 2.45) is 0 Å². The van der Waals surface area contributed by atoms with Crippen molar-refractivity contribution in [2.45, 2.75) is 26.2 Å². The van der Waals surface area contributed by atoms with E-state index in [0.717, 1.165) is 11.0 Å². The topological polar surface area (TPSA) is 0 Å². The van der Waals surface area contributed by atoms with Gasteiger partial charge in [0.15, 0.2) is 0 Å². The molecule has 0 N–H and O–H groups in total. The van der Waals surface area contributed by atoms with Gasteiger partial charge in [0.2, 0.25) is 0 Å². The average molecular weight is 236 g/mol. The van der Waals surface area contributed by atoms with Gasteiger partial charge in [0.25, 0.3) is 0 Å². The molecule has 0 aliphatic heterocycles. The van der Waals surface area contributed by atoms with E-state index in [1.807, 2.05) is 0 Å². The molecule has 2 heteroatoms. The minimum atomic E-state index is 0. The first-order valence-corrected chi connectivity index (χ1v) is 4.51. The number of allylic oxidation sites excluding steroid dienone is 1. The summed E-state index contributed by atoms with van der Waals surface area (Å²) < 4.78 is 1.03. The van der Waals surface area contributed by atoms with Crippen LogP contribution in [-0.4, -0.2) is 32.2 Å². The predicted octanol–water partition coefficient (Wildman–Crippen LogP) is -0.557. The molecule has 0 saturated heterocycles. The molecule has 0 amide bonds. The first-order valence-electron chi connectivity index (χ1n) is 4.51. The Kier molecular flexibility index (Phi) is 9.56. The lowest BCUT2D eigenvalue weighted by Gasteiger charge is -2.21. The number of hydrogen-bond acceptors (Lipinski definition) is 0. The van der Waals surface area contributed by atoms with E-state index in [2.05, 4.69) is 40.2 Å². The van der Waals surface area contributed by atoms with Gasteiger partial charge in [0.05, 0.1) is 27.7 Å². The summed E-state index contributed by atoms with van der Waals surface area (Å²) in [5.41, 5.74) is 0. The molecule has 0 aromatic rings. The molecule has 0 aromatic carbocycles. The van der Waals surface area contributed by atoms with Crippen molar-refractivity contribution in [1.82, 2.24) is 0 Å². The lowest BCUT2D eigenvalue weighted by Crippen LogP contribution is -3.00. The zero-order chi connectivity index (χ0) is 8.74. The highest BCUT2D eigenvalue weighted by Crippen LogP contribution is 1.96. The summed E-state index contributed by atoms with van der Waals surface area (Å²) in [4.78, 5) is 0. The van der Waals surface area contributed by atoms with Gasteiger partial charge in [-0.25, -0.2) is 0 Å². The smallest absolute Gasteiger partial charge is 0.0967 e. The molecule has 0 aliphatic carbocycles. The molecule has 12 heavy (non-hydrogen) atoms. The molecule has 0 radical (unpaired) electrons. The zero-order valence-corrected chi connectivity index (χ0v) is 10.4. The molecule has 1 nitrogen and oxygen atoms in total. The standard InChI is InChI=1S/C10H22N.BrH/c1-5-6-7-8-9-10-11(2,3)4;/h8-9H,5-7,10H2,1-4H3;1H/q+1;/p-1/b9-8+;. The van der Waals surface area contributed by atoms with E-state index in [-0.39, 0.29) is 17.0 Å². The van der Waals surface area contributed by atoms with Crippen LogP contribution in [0.1, 0.15) is 26.2 Å². The van der Waals surface area contributed by atoms with Crippen LogP contribution < -0.4 is 17.0 Å². The molecule has 0 unspecified atom stereocenters. The summed E-state index contributed by atoms with van der Waals surface area (Å²) in [5.74, 6) is 0. The highest BCUT2D eigenvalue weighted by molar-refractivity contribution is 4.80. The second-order valence-electron chi connectivity index (χ2n) is 4.09. The Morgan fingerprint density at radius 1 is 1.08 bits per heavy atom. The molecule has 0 fully saturated rings. The SMILES string of the molecule is CCCC/C=C/C[N+](C)(C)C.[Br-]. The summed E-state index contributed by atoms with van der Waals surface area (Å²) in [6.45, 7) is 3.37. The second kappa shape index (κ2) is 7.81. The first-order chi connectivity index (χ1) is 5.06. The molecule has 0 spiro atoms. The zero-order valence-electron chi connectivity index (χ0n) is 8.81. The van der Waals surface area contributed by atoms with E-state index in [9.17, 15) is 0 Å². The number of likely N-dealkylation sites (N-methyl/N-ethyl adjacent to an activating group) is 1. The Morgan fingerprint density at radius 3 is 2.08 bits per heavy atom. The van der Waals surface area contributed by atoms with Crippen molar-refractivity contribution in [3.05, 3.63) is 12.2 Å². The molecule has 0 aliphatic rings. The summed E-state index contributed by atoms with van der Waals surface area (Å²) >= 11 is 0. The van der Waals surface area contributed by atoms with Crippen molar-refractivity contribution >= 4 is 0 Å². The van der Waals surface area contributed by atoms with E-state index in [1.54, 1.807) is 0 Å². The molecular formula is C10H22BrN. The Morgan fingerprint density at radius 2 is 1.67 bits per heavy atom. The van der Waals surface area contributed by atoms with E-state index in [1.165, 1.54) is 19.3 Å². The Bertz CT molecular complexity index is 113. The largest absolute Gasteiger partial charge is 1.00 e. The highest BCUT2D eigenvalue weighted by atomic mass is 79.9. The van der Waals surface area contributed by atoms with Gasteiger partial charge in [-0.1, -0.05) is 25.8 Å². The fourth-order valence-corrected chi connectivity index (χ4v) is 0.831. The van der Waals surface area contributed by atoms with Crippen LogP contribution in [0.2, 0.25) is 0 Å². The van der Waals surface area contributed by atoms with Crippen molar-refractivity contribution in [3.8, 4) is 0 Å². The van der Waals surface area contributed by atoms with Gasteiger partial charge in [0, 0.05) is 0 Å². The molecule has 0 atom stereocenters. The lowest BCUT2D eigenvalue weighted by molar-refractivity contribution is -0.864. The number of hydrogen-bond donors (Lipinski definition) is 0. The van der Waals surface area contributed by atoms with Gasteiger partial charge in [-0.05, 0) is 12.5 Å². The third kappa shape index (κ3) is 12.8. The predicted molar refractivity (Wildman–Crippen MR) is 51.6 cm³/mol. The monoisotopic (exact) mass is 235 g/mol. The number of unbranched alkanes of at least 4 members (excludes halogenated alkanes) is 2. The molecule has 0 bridgehead atoms. The number of quaternary nitrogens is 1. The molecule has 74 valence electrons. The summed E-state index contributed by atoms with van der Waals surface area (Å²) in [6.07, 6.45) is 8.46. The maximum Gasteiger partial charge on any atom is 0.0967 e. The molecular weight excluding hydrogens is 214 g/mol. The van der Waals surface area contributed by atoms with Gasteiger partial charge in [-0.3, -0.25) is 0 Å².